The van der Waals surface area contributed by atoms with Gasteiger partial charge in [0.2, 0.25) is 0 Å². The van der Waals surface area contributed by atoms with Gasteiger partial charge in [-0.2, -0.15) is 15.4 Å². The van der Waals surface area contributed by atoms with Gasteiger partial charge in [-0.15, -0.1) is 0 Å². The number of H-pyrrole nitrogens is 1. The number of aromatic amines is 1. The zero-order valence-corrected chi connectivity index (χ0v) is 10.4. The molecule has 2 rings (SSSR count). The minimum absolute atomic E-state index is 0.0331. The van der Waals surface area contributed by atoms with E-state index in [1.165, 1.54) is 18.3 Å². The van der Waals surface area contributed by atoms with Crippen molar-refractivity contribution in [3.8, 4) is 11.8 Å². The highest BCUT2D eigenvalue weighted by Gasteiger charge is 2.11. The summed E-state index contributed by atoms with van der Waals surface area (Å²) in [4.78, 5) is 11.7. The maximum absolute atomic E-state index is 13.8. The van der Waals surface area contributed by atoms with E-state index in [0.717, 1.165) is 0 Å². The summed E-state index contributed by atoms with van der Waals surface area (Å²) < 4.78 is 13.8. The first kappa shape index (κ1) is 13.7. The van der Waals surface area contributed by atoms with Crippen LogP contribution < -0.4 is 5.32 Å². The lowest BCUT2D eigenvalue weighted by atomic mass is 10.2. The highest BCUT2D eigenvalue weighted by atomic mass is 19.1. The molecule has 0 aliphatic rings. The molecule has 1 aromatic heterocycles. The predicted molar refractivity (Wildman–Crippen MR) is 69.3 cm³/mol. The van der Waals surface area contributed by atoms with Crippen molar-refractivity contribution in [2.24, 2.45) is 0 Å². The first-order valence-electron chi connectivity index (χ1n) is 5.77. The van der Waals surface area contributed by atoms with E-state index in [1.54, 1.807) is 6.07 Å². The highest BCUT2D eigenvalue weighted by Crippen LogP contribution is 2.16. The Labute approximate surface area is 114 Å². The lowest BCUT2D eigenvalue weighted by molar-refractivity contribution is 0.102. The molecule has 0 fully saturated rings. The molecule has 7 heteroatoms. The molecular formula is C13H11FN4O2. The van der Waals surface area contributed by atoms with Gasteiger partial charge in [-0.25, -0.2) is 4.39 Å². The Morgan fingerprint density at radius 1 is 1.50 bits per heavy atom. The molecule has 0 radical (unpaired) electrons. The third-order valence-corrected chi connectivity index (χ3v) is 2.33. The Balaban J connectivity index is 2.11. The van der Waals surface area contributed by atoms with Crippen molar-refractivity contribution in [1.29, 1.82) is 0 Å². The van der Waals surface area contributed by atoms with Gasteiger partial charge in [-0.1, -0.05) is 11.8 Å². The molecule has 0 saturated carbocycles. The number of hydrogen-bond donors (Lipinski definition) is 3. The van der Waals surface area contributed by atoms with Crippen LogP contribution >= 0.6 is 0 Å². The number of carbonyl (C=O) groups excluding carboxylic acids is 1. The highest BCUT2D eigenvalue weighted by molar-refractivity contribution is 6.02. The van der Waals surface area contributed by atoms with Crippen molar-refractivity contribution in [1.82, 2.24) is 15.4 Å². The van der Waals surface area contributed by atoms with Crippen LogP contribution in [-0.4, -0.2) is 33.0 Å². The predicted octanol–water partition coefficient (Wildman–Crippen LogP) is 0.930. The van der Waals surface area contributed by atoms with Gasteiger partial charge in [0.05, 0.1) is 18.5 Å². The molecule has 1 aromatic carbocycles. The fraction of sp³-hybridized carbons (Fsp3) is 0.154. The van der Waals surface area contributed by atoms with Crippen LogP contribution in [0.2, 0.25) is 0 Å². The van der Waals surface area contributed by atoms with E-state index < -0.39 is 11.7 Å². The number of nitrogens with zero attached hydrogens (tertiary/aromatic N) is 2. The molecule has 0 unspecified atom stereocenters. The number of aliphatic hydroxyl groups is 1. The lowest BCUT2D eigenvalue weighted by Gasteiger charge is -2.04. The third-order valence-electron chi connectivity index (χ3n) is 2.33. The van der Waals surface area contributed by atoms with Crippen LogP contribution in [-0.2, 0) is 0 Å². The maximum atomic E-state index is 13.8. The molecule has 3 N–H and O–H groups in total. The number of amides is 1. The molecule has 2 aromatic rings. The average Bonchev–Trinajstić information content (AvgIpc) is 2.96. The molecule has 0 atom stereocenters. The molecular weight excluding hydrogens is 263 g/mol. The molecule has 102 valence electrons. The van der Waals surface area contributed by atoms with Crippen molar-refractivity contribution in [3.05, 3.63) is 41.5 Å². The zero-order chi connectivity index (χ0) is 14.4. The summed E-state index contributed by atoms with van der Waals surface area (Å²) in [5.74, 6) is 4.23. The second-order valence-corrected chi connectivity index (χ2v) is 3.78. The molecule has 0 spiro atoms. The summed E-state index contributed by atoms with van der Waals surface area (Å²) in [5.41, 5.74) is 0.567. The van der Waals surface area contributed by atoms with E-state index in [2.05, 4.69) is 32.6 Å². The molecule has 0 aliphatic carbocycles. The fourth-order valence-electron chi connectivity index (χ4n) is 1.41. The van der Waals surface area contributed by atoms with Crippen molar-refractivity contribution >= 4 is 11.6 Å². The van der Waals surface area contributed by atoms with Crippen molar-refractivity contribution in [2.75, 3.05) is 11.9 Å². The second kappa shape index (κ2) is 6.45. The number of rotatable bonds is 3. The van der Waals surface area contributed by atoms with Crippen LogP contribution in [0.15, 0.2) is 24.4 Å². The van der Waals surface area contributed by atoms with Gasteiger partial charge in [-0.3, -0.25) is 4.79 Å². The van der Waals surface area contributed by atoms with Crippen molar-refractivity contribution < 1.29 is 14.3 Å². The summed E-state index contributed by atoms with van der Waals surface area (Å²) >= 11 is 0. The van der Waals surface area contributed by atoms with Gasteiger partial charge >= 0.3 is 0 Å². The third kappa shape index (κ3) is 3.40. The van der Waals surface area contributed by atoms with Crippen LogP contribution in [0.1, 0.15) is 22.5 Å². The monoisotopic (exact) mass is 274 g/mol. The number of benzene rings is 1. The van der Waals surface area contributed by atoms with Crippen LogP contribution in [0.3, 0.4) is 0 Å². The summed E-state index contributed by atoms with van der Waals surface area (Å²) in [5, 5.41) is 20.4. The summed E-state index contributed by atoms with van der Waals surface area (Å²) in [6, 6.07) is 4.20. The van der Waals surface area contributed by atoms with Crippen LogP contribution in [0.5, 0.6) is 0 Å². The average molecular weight is 274 g/mol. The zero-order valence-electron chi connectivity index (χ0n) is 10.4. The van der Waals surface area contributed by atoms with Gasteiger partial charge in [-0.05, 0) is 18.2 Å². The minimum atomic E-state index is -0.599. The van der Waals surface area contributed by atoms with Crippen molar-refractivity contribution in [3.63, 3.8) is 0 Å². The van der Waals surface area contributed by atoms with Crippen LogP contribution in [0.25, 0.3) is 0 Å². The fourth-order valence-corrected chi connectivity index (χ4v) is 1.41. The Morgan fingerprint density at radius 3 is 3.00 bits per heavy atom. The lowest BCUT2D eigenvalue weighted by Crippen LogP contribution is -2.13. The number of anilines is 1. The molecule has 1 heterocycles. The number of carbonyl (C=O) groups is 1. The number of nitrogens with one attached hydrogen (secondary N) is 2. The molecule has 6 nitrogen and oxygen atoms in total. The van der Waals surface area contributed by atoms with Crippen LogP contribution in [0, 0.1) is 17.7 Å². The van der Waals surface area contributed by atoms with Gasteiger partial charge in [0.1, 0.15) is 5.82 Å². The second-order valence-electron chi connectivity index (χ2n) is 3.78. The maximum Gasteiger partial charge on any atom is 0.277 e. The normalized spacial score (nSPS) is 9.70. The summed E-state index contributed by atoms with van der Waals surface area (Å²) in [6.07, 6.45) is 1.56. The van der Waals surface area contributed by atoms with Crippen molar-refractivity contribution in [2.45, 2.75) is 6.42 Å². The molecule has 0 aliphatic heterocycles. The van der Waals surface area contributed by atoms with Crippen LogP contribution in [0.4, 0.5) is 10.1 Å². The van der Waals surface area contributed by atoms with E-state index in [1.807, 2.05) is 0 Å². The first-order chi connectivity index (χ1) is 9.70. The summed E-state index contributed by atoms with van der Waals surface area (Å²) in [6.45, 7) is -0.0404. The molecule has 0 bridgehead atoms. The molecule has 0 saturated heterocycles. The topological polar surface area (TPSA) is 90.9 Å². The van der Waals surface area contributed by atoms with E-state index in [4.69, 9.17) is 5.11 Å². The Morgan fingerprint density at radius 2 is 2.35 bits per heavy atom. The van der Waals surface area contributed by atoms with E-state index in [9.17, 15) is 9.18 Å². The van der Waals surface area contributed by atoms with Gasteiger partial charge in [0.15, 0.2) is 5.69 Å². The van der Waals surface area contributed by atoms with E-state index in [-0.39, 0.29) is 18.0 Å². The number of aliphatic hydroxyl groups excluding tert-OH is 1. The number of aromatic nitrogens is 3. The smallest absolute Gasteiger partial charge is 0.277 e. The quantitative estimate of drug-likeness (QED) is 0.726. The minimum Gasteiger partial charge on any atom is -0.395 e. The molecule has 20 heavy (non-hydrogen) atoms. The van der Waals surface area contributed by atoms with E-state index >= 15 is 0 Å². The number of hydrogen-bond acceptors (Lipinski definition) is 4. The van der Waals surface area contributed by atoms with Gasteiger partial charge in [0, 0.05) is 12.0 Å². The standard InChI is InChI=1S/C13H11FN4O2/c14-10-7-9(3-1-2-6-19)4-5-11(10)16-13(20)12-8-15-18-17-12/h4-5,7-8,19H,2,6H2,(H,16,20)(H,15,17,18). The Kier molecular flexibility index (Phi) is 4.42. The largest absolute Gasteiger partial charge is 0.395 e. The van der Waals surface area contributed by atoms with Gasteiger partial charge in [0.25, 0.3) is 5.91 Å². The van der Waals surface area contributed by atoms with E-state index in [0.29, 0.717) is 12.0 Å². The number of halogens is 1. The Hall–Kier alpha value is -2.72. The van der Waals surface area contributed by atoms with Gasteiger partial charge < -0.3 is 10.4 Å². The SMILES string of the molecule is O=C(Nc1ccc(C#CCCO)cc1F)c1cn[nH]n1. The first-order valence-corrected chi connectivity index (χ1v) is 5.77. The Bertz CT molecular complexity index is 659. The summed E-state index contributed by atoms with van der Waals surface area (Å²) in [7, 11) is 0. The molecule has 1 amide bonds.